The quantitative estimate of drug-likeness (QED) is 0.838. The first-order chi connectivity index (χ1) is 12.6. The van der Waals surface area contributed by atoms with Crippen molar-refractivity contribution in [1.29, 1.82) is 0 Å². The van der Waals surface area contributed by atoms with Gasteiger partial charge >= 0.3 is 0 Å². The minimum absolute atomic E-state index is 0.128. The molecule has 26 heavy (non-hydrogen) atoms. The van der Waals surface area contributed by atoms with E-state index in [1.54, 1.807) is 0 Å². The van der Waals surface area contributed by atoms with Gasteiger partial charge in [0, 0.05) is 39.3 Å². The normalized spacial score (nSPS) is 19.4. The molecule has 2 fully saturated rings. The lowest BCUT2D eigenvalue weighted by Crippen LogP contribution is -2.39. The van der Waals surface area contributed by atoms with E-state index >= 15 is 0 Å². The van der Waals surface area contributed by atoms with Crippen LogP contribution in [0.1, 0.15) is 53.7 Å². The highest BCUT2D eigenvalue weighted by atomic mass is 16.2. The fourth-order valence-electron chi connectivity index (χ4n) is 4.20. The summed E-state index contributed by atoms with van der Waals surface area (Å²) in [4.78, 5) is 17.1. The Balaban J connectivity index is 1.38. The largest absolute Gasteiger partial charge is 0.347 e. The van der Waals surface area contributed by atoms with E-state index in [1.807, 2.05) is 34.8 Å². The third kappa shape index (κ3) is 3.28. The van der Waals surface area contributed by atoms with Crippen LogP contribution in [0, 0.1) is 0 Å². The van der Waals surface area contributed by atoms with Crippen LogP contribution in [0.25, 0.3) is 0 Å². The molecule has 2 aromatic rings. The number of rotatable bonds is 4. The molecule has 2 aliphatic rings. The van der Waals surface area contributed by atoms with Crippen LogP contribution in [0.5, 0.6) is 0 Å². The zero-order chi connectivity index (χ0) is 18.1. The molecule has 0 aromatic carbocycles. The number of nitrogens with zero attached hydrogens (tertiary/aromatic N) is 6. The lowest BCUT2D eigenvalue weighted by atomic mass is 9.95. The minimum Gasteiger partial charge on any atom is -0.347 e. The molecule has 0 N–H and O–H groups in total. The number of amides is 1. The Labute approximate surface area is 154 Å². The monoisotopic (exact) mass is 356 g/mol. The van der Waals surface area contributed by atoms with Crippen LogP contribution >= 0.6 is 0 Å². The van der Waals surface area contributed by atoms with Gasteiger partial charge in [-0.2, -0.15) is 0 Å². The van der Waals surface area contributed by atoms with Gasteiger partial charge in [-0.25, -0.2) is 0 Å². The number of aryl methyl sites for hydroxylation is 1. The Morgan fingerprint density at radius 1 is 1.12 bits per heavy atom. The Bertz CT molecular complexity index is 765. The first-order valence-corrected chi connectivity index (χ1v) is 9.64. The molecule has 2 saturated heterocycles. The number of carbonyl (C=O) groups excluding carboxylic acids is 1. The summed E-state index contributed by atoms with van der Waals surface area (Å²) in [6.07, 6.45) is 6.40. The van der Waals surface area contributed by atoms with Crippen molar-refractivity contribution in [3.05, 3.63) is 35.7 Å². The number of piperidine rings is 1. The van der Waals surface area contributed by atoms with Crippen LogP contribution in [-0.2, 0) is 20.6 Å². The van der Waals surface area contributed by atoms with Crippen molar-refractivity contribution in [1.82, 2.24) is 29.1 Å². The molecular formula is C19H28N6O. The van der Waals surface area contributed by atoms with E-state index in [2.05, 4.69) is 26.7 Å². The number of likely N-dealkylation sites (tertiary alicyclic amines) is 2. The molecule has 7 nitrogen and oxygen atoms in total. The van der Waals surface area contributed by atoms with Crippen LogP contribution in [0.2, 0.25) is 0 Å². The maximum atomic E-state index is 12.7. The second-order valence-corrected chi connectivity index (χ2v) is 7.59. The Hall–Kier alpha value is -2.15. The van der Waals surface area contributed by atoms with Crippen LogP contribution in [0.3, 0.4) is 0 Å². The molecular weight excluding hydrogens is 328 g/mol. The van der Waals surface area contributed by atoms with Crippen LogP contribution in [0.4, 0.5) is 0 Å². The molecule has 0 spiro atoms. The van der Waals surface area contributed by atoms with Crippen LogP contribution in [-0.4, -0.2) is 61.2 Å². The summed E-state index contributed by atoms with van der Waals surface area (Å²) in [6.45, 7) is 4.80. The minimum atomic E-state index is 0.128. The molecule has 0 radical (unpaired) electrons. The SMILES string of the molecule is Cn1cccc1C(=O)N1CCC(c2nnc(CN3CCCC3)n2C)CC1. The van der Waals surface area contributed by atoms with Gasteiger partial charge in [-0.3, -0.25) is 9.69 Å². The molecule has 7 heteroatoms. The summed E-state index contributed by atoms with van der Waals surface area (Å²) < 4.78 is 4.07. The van der Waals surface area contributed by atoms with Gasteiger partial charge in [-0.1, -0.05) is 0 Å². The first-order valence-electron chi connectivity index (χ1n) is 9.64. The lowest BCUT2D eigenvalue weighted by molar-refractivity contribution is 0.0700. The van der Waals surface area contributed by atoms with Crippen molar-refractivity contribution in [2.45, 2.75) is 38.1 Å². The van der Waals surface area contributed by atoms with Crippen molar-refractivity contribution in [3.8, 4) is 0 Å². The number of carbonyl (C=O) groups is 1. The molecule has 4 heterocycles. The molecule has 2 aliphatic heterocycles. The maximum absolute atomic E-state index is 12.7. The van der Waals surface area contributed by atoms with Crippen molar-refractivity contribution in [2.24, 2.45) is 14.1 Å². The van der Waals surface area contributed by atoms with E-state index < -0.39 is 0 Å². The summed E-state index contributed by atoms with van der Waals surface area (Å²) >= 11 is 0. The predicted octanol–water partition coefficient (Wildman–Crippen LogP) is 1.77. The molecule has 0 saturated carbocycles. The maximum Gasteiger partial charge on any atom is 0.270 e. The molecule has 0 atom stereocenters. The smallest absolute Gasteiger partial charge is 0.270 e. The number of hydrogen-bond donors (Lipinski definition) is 0. The van der Waals surface area contributed by atoms with Crippen molar-refractivity contribution < 1.29 is 4.79 Å². The Kier molecular flexibility index (Phi) is 4.80. The zero-order valence-corrected chi connectivity index (χ0v) is 15.8. The van der Waals surface area contributed by atoms with E-state index in [-0.39, 0.29) is 5.91 Å². The summed E-state index contributed by atoms with van der Waals surface area (Å²) in [5, 5.41) is 8.94. The van der Waals surface area contributed by atoms with E-state index in [9.17, 15) is 4.79 Å². The highest BCUT2D eigenvalue weighted by molar-refractivity contribution is 5.92. The fourth-order valence-corrected chi connectivity index (χ4v) is 4.20. The van der Waals surface area contributed by atoms with Crippen molar-refractivity contribution in [3.63, 3.8) is 0 Å². The van der Waals surface area contributed by atoms with E-state index in [4.69, 9.17) is 0 Å². The van der Waals surface area contributed by atoms with Gasteiger partial charge < -0.3 is 14.0 Å². The number of hydrogen-bond acceptors (Lipinski definition) is 4. The van der Waals surface area contributed by atoms with Crippen LogP contribution in [0.15, 0.2) is 18.3 Å². The molecule has 1 amide bonds. The average molecular weight is 356 g/mol. The summed E-state index contributed by atoms with van der Waals surface area (Å²) in [6, 6.07) is 3.81. The second-order valence-electron chi connectivity index (χ2n) is 7.59. The molecule has 0 unspecified atom stereocenters. The third-order valence-electron chi connectivity index (χ3n) is 5.87. The molecule has 140 valence electrons. The first kappa shape index (κ1) is 17.3. The van der Waals surface area contributed by atoms with Gasteiger partial charge in [0.05, 0.1) is 6.54 Å². The van der Waals surface area contributed by atoms with Gasteiger partial charge in [-0.05, 0) is 50.9 Å². The lowest BCUT2D eigenvalue weighted by Gasteiger charge is -2.31. The van der Waals surface area contributed by atoms with Gasteiger partial charge in [-0.15, -0.1) is 10.2 Å². The molecule has 4 rings (SSSR count). The zero-order valence-electron chi connectivity index (χ0n) is 15.8. The highest BCUT2D eigenvalue weighted by Crippen LogP contribution is 2.28. The van der Waals surface area contributed by atoms with Gasteiger partial charge in [0.15, 0.2) is 0 Å². The average Bonchev–Trinajstić information content (AvgIpc) is 3.38. The fraction of sp³-hybridized carbons (Fsp3) is 0.632. The topological polar surface area (TPSA) is 59.2 Å². The van der Waals surface area contributed by atoms with Crippen LogP contribution < -0.4 is 0 Å². The van der Waals surface area contributed by atoms with Crippen molar-refractivity contribution in [2.75, 3.05) is 26.2 Å². The summed E-state index contributed by atoms with van der Waals surface area (Å²) in [7, 11) is 4.00. The van der Waals surface area contributed by atoms with Gasteiger partial charge in [0.1, 0.15) is 17.3 Å². The van der Waals surface area contributed by atoms with E-state index in [0.717, 1.165) is 49.8 Å². The molecule has 0 bridgehead atoms. The second kappa shape index (κ2) is 7.23. The van der Waals surface area contributed by atoms with Crippen molar-refractivity contribution >= 4 is 5.91 Å². The third-order valence-corrected chi connectivity index (χ3v) is 5.87. The summed E-state index contributed by atoms with van der Waals surface area (Å²) in [5.74, 6) is 2.65. The predicted molar refractivity (Wildman–Crippen MR) is 98.8 cm³/mol. The summed E-state index contributed by atoms with van der Waals surface area (Å²) in [5.41, 5.74) is 0.759. The van der Waals surface area contributed by atoms with Gasteiger partial charge in [0.25, 0.3) is 5.91 Å². The molecule has 2 aromatic heterocycles. The highest BCUT2D eigenvalue weighted by Gasteiger charge is 2.28. The van der Waals surface area contributed by atoms with E-state index in [1.165, 1.54) is 25.9 Å². The van der Waals surface area contributed by atoms with E-state index in [0.29, 0.717) is 5.92 Å². The Morgan fingerprint density at radius 2 is 1.85 bits per heavy atom. The standard InChI is InChI=1S/C19H28N6O/c1-22-9-5-6-16(22)19(26)25-12-7-15(8-13-25)18-21-20-17(23(18)2)14-24-10-3-4-11-24/h5-6,9,15H,3-4,7-8,10-14H2,1-2H3. The number of aromatic nitrogens is 4. The Morgan fingerprint density at radius 3 is 2.50 bits per heavy atom. The molecule has 0 aliphatic carbocycles. The van der Waals surface area contributed by atoms with Gasteiger partial charge in [0.2, 0.25) is 0 Å².